The highest BCUT2D eigenvalue weighted by Crippen LogP contribution is 2.26. The fourth-order valence-electron chi connectivity index (χ4n) is 7.69. The number of para-hydroxylation sites is 2. The summed E-state index contributed by atoms with van der Waals surface area (Å²) in [6.45, 7) is 3.99. The first kappa shape index (κ1) is 55.6. The van der Waals surface area contributed by atoms with Gasteiger partial charge in [0, 0.05) is 31.0 Å². The lowest BCUT2D eigenvalue weighted by atomic mass is 10.2. The smallest absolute Gasteiger partial charge is 0.232 e. The van der Waals surface area contributed by atoms with Gasteiger partial charge in [-0.15, -0.1) is 0 Å². The van der Waals surface area contributed by atoms with Gasteiger partial charge in [-0.25, -0.2) is 0 Å². The highest BCUT2D eigenvalue weighted by molar-refractivity contribution is 5.63. The molecule has 0 amide bonds. The standard InChI is InChI=1S/2C19H19N7.C19H22N6O/c1-26(12-14-6-3-2-4-7-14)13-17-23-18(21)25-19(24-17)22-16-9-5-8-15(10-16)11-20;1-26(12-15-5-3-2-4-6-15)13-17-23-18(21)25-19(24-17)22-16-9-7-14(11-20)8-10-16;1-25(12-14-8-4-3-5-9-14)13-17-22-18(20)24-19(23-17)21-15-10-6-7-11-16(15)26-2/h2*2-10H,12-13H2,1H3,(H3,21,22,23,24,25);3-11H,12-13H2,1-2H3,(H3,20,21,22,23,24). The number of nitrogens with zero attached hydrogens (tertiary/aromatic N) is 14. The zero-order valence-electron chi connectivity index (χ0n) is 43.7. The average molecular weight is 1040 g/mol. The number of anilines is 9. The maximum absolute atomic E-state index is 8.99. The van der Waals surface area contributed by atoms with E-state index in [1.165, 1.54) is 16.7 Å². The van der Waals surface area contributed by atoms with Crippen LogP contribution in [0.15, 0.2) is 164 Å². The molecule has 0 aliphatic carbocycles. The second-order valence-corrected chi connectivity index (χ2v) is 17.7. The van der Waals surface area contributed by atoms with Crippen LogP contribution in [0.4, 0.5) is 52.8 Å². The van der Waals surface area contributed by atoms with Gasteiger partial charge in [-0.05, 0) is 92.4 Å². The van der Waals surface area contributed by atoms with Crippen molar-refractivity contribution in [3.8, 4) is 17.9 Å². The Balaban J connectivity index is 0.000000170. The van der Waals surface area contributed by atoms with Crippen LogP contribution in [-0.4, -0.2) is 87.8 Å². The maximum Gasteiger partial charge on any atom is 0.232 e. The molecule has 9 rings (SSSR count). The predicted molar refractivity (Wildman–Crippen MR) is 303 cm³/mol. The summed E-state index contributed by atoms with van der Waals surface area (Å²) in [4.78, 5) is 44.7. The van der Waals surface area contributed by atoms with Crippen molar-refractivity contribution < 1.29 is 4.74 Å². The number of ether oxygens (including phenoxy) is 1. The van der Waals surface area contributed by atoms with Gasteiger partial charge < -0.3 is 37.9 Å². The van der Waals surface area contributed by atoms with Gasteiger partial charge in [-0.3, -0.25) is 14.7 Å². The fraction of sp³-hybridized carbons (Fsp3) is 0.175. The molecule has 0 bridgehead atoms. The van der Waals surface area contributed by atoms with E-state index in [0.29, 0.717) is 71.8 Å². The summed E-state index contributed by atoms with van der Waals surface area (Å²) in [6.07, 6.45) is 0. The van der Waals surface area contributed by atoms with E-state index in [0.717, 1.165) is 36.7 Å². The van der Waals surface area contributed by atoms with Crippen LogP contribution in [0.5, 0.6) is 5.75 Å². The fourth-order valence-corrected chi connectivity index (χ4v) is 7.69. The van der Waals surface area contributed by atoms with Gasteiger partial charge in [0.05, 0.1) is 55.7 Å². The van der Waals surface area contributed by atoms with Crippen molar-refractivity contribution in [2.45, 2.75) is 39.3 Å². The number of benzene rings is 6. The van der Waals surface area contributed by atoms with E-state index in [9.17, 15) is 0 Å². The van der Waals surface area contributed by atoms with Crippen LogP contribution in [0.1, 0.15) is 45.3 Å². The van der Waals surface area contributed by atoms with Gasteiger partial charge in [-0.1, -0.05) is 109 Å². The molecule has 394 valence electrons. The summed E-state index contributed by atoms with van der Waals surface area (Å²) in [5.41, 5.74) is 24.6. The Kier molecular flexibility index (Phi) is 20.3. The molecule has 21 nitrogen and oxygen atoms in total. The van der Waals surface area contributed by atoms with Crippen LogP contribution in [0.25, 0.3) is 0 Å². The van der Waals surface area contributed by atoms with Crippen molar-refractivity contribution in [1.82, 2.24) is 59.6 Å². The molecule has 78 heavy (non-hydrogen) atoms. The van der Waals surface area contributed by atoms with Crippen molar-refractivity contribution in [2.24, 2.45) is 0 Å². The largest absolute Gasteiger partial charge is 0.495 e. The van der Waals surface area contributed by atoms with E-state index in [2.05, 4.69) is 124 Å². The SMILES string of the molecule is CN(Cc1ccccc1)Cc1nc(N)nc(Nc2ccc(C#N)cc2)n1.CN(Cc1ccccc1)Cc1nc(N)nc(Nc2cccc(C#N)c2)n1.COc1ccccc1Nc1nc(N)nc(CN(C)Cc2ccccc2)n1. The van der Waals surface area contributed by atoms with Crippen LogP contribution in [0.2, 0.25) is 0 Å². The Morgan fingerprint density at radius 1 is 0.410 bits per heavy atom. The number of hydrogen-bond acceptors (Lipinski definition) is 21. The lowest BCUT2D eigenvalue weighted by molar-refractivity contribution is 0.310. The molecule has 3 aromatic heterocycles. The third-order valence-electron chi connectivity index (χ3n) is 11.1. The molecule has 9 N–H and O–H groups in total. The third kappa shape index (κ3) is 18.3. The molecule has 0 aliphatic heterocycles. The lowest BCUT2D eigenvalue weighted by Gasteiger charge is -2.16. The summed E-state index contributed by atoms with van der Waals surface area (Å²) in [6, 6.07) is 56.5. The Hall–Kier alpha value is -10.2. The van der Waals surface area contributed by atoms with Crippen molar-refractivity contribution in [3.63, 3.8) is 0 Å². The minimum Gasteiger partial charge on any atom is -0.495 e. The van der Waals surface area contributed by atoms with Crippen LogP contribution in [0.3, 0.4) is 0 Å². The van der Waals surface area contributed by atoms with Gasteiger partial charge in [0.2, 0.25) is 35.7 Å². The first-order valence-electron chi connectivity index (χ1n) is 24.5. The predicted octanol–water partition coefficient (Wildman–Crippen LogP) is 8.24. The van der Waals surface area contributed by atoms with Crippen LogP contribution >= 0.6 is 0 Å². The topological polar surface area (TPSA) is 297 Å². The van der Waals surface area contributed by atoms with E-state index in [-0.39, 0.29) is 17.8 Å². The highest BCUT2D eigenvalue weighted by Gasteiger charge is 2.13. The third-order valence-corrected chi connectivity index (χ3v) is 11.1. The molecule has 0 aliphatic rings. The Bertz CT molecular complexity index is 3400. The second kappa shape index (κ2) is 28.5. The molecule has 0 radical (unpaired) electrons. The summed E-state index contributed by atoms with van der Waals surface area (Å²) < 4.78 is 5.34. The van der Waals surface area contributed by atoms with Crippen LogP contribution in [-0.2, 0) is 39.3 Å². The molecule has 0 saturated carbocycles. The number of methoxy groups -OCH3 is 1. The maximum atomic E-state index is 8.99. The Labute approximate surface area is 453 Å². The Morgan fingerprint density at radius 2 is 0.808 bits per heavy atom. The molecule has 0 unspecified atom stereocenters. The number of nitriles is 2. The monoisotopic (exact) mass is 1040 g/mol. The molecule has 0 spiro atoms. The van der Waals surface area contributed by atoms with E-state index >= 15 is 0 Å². The summed E-state index contributed by atoms with van der Waals surface area (Å²) >= 11 is 0. The number of hydrogen-bond donors (Lipinski definition) is 6. The number of nitrogens with one attached hydrogen (secondary N) is 3. The van der Waals surface area contributed by atoms with Crippen molar-refractivity contribution in [2.75, 3.05) is 61.4 Å². The number of nitrogens with two attached hydrogens (primary N) is 3. The molecular formula is C57H60N20O. The summed E-state index contributed by atoms with van der Waals surface area (Å²) in [7, 11) is 7.63. The van der Waals surface area contributed by atoms with Gasteiger partial charge >= 0.3 is 0 Å². The van der Waals surface area contributed by atoms with E-state index < -0.39 is 0 Å². The first-order chi connectivity index (χ1) is 37.9. The number of aromatic nitrogens is 9. The lowest BCUT2D eigenvalue weighted by Crippen LogP contribution is -2.20. The van der Waals surface area contributed by atoms with E-state index in [1.807, 2.05) is 106 Å². The quantitative estimate of drug-likeness (QED) is 0.0444. The second-order valence-electron chi connectivity index (χ2n) is 17.7. The van der Waals surface area contributed by atoms with Gasteiger partial charge in [0.15, 0.2) is 0 Å². The number of rotatable bonds is 19. The zero-order valence-corrected chi connectivity index (χ0v) is 43.7. The molecule has 3 heterocycles. The summed E-state index contributed by atoms with van der Waals surface area (Å²) in [5, 5.41) is 27.2. The zero-order chi connectivity index (χ0) is 55.1. The highest BCUT2D eigenvalue weighted by atomic mass is 16.5. The van der Waals surface area contributed by atoms with Crippen molar-refractivity contribution in [3.05, 3.63) is 209 Å². The van der Waals surface area contributed by atoms with Crippen LogP contribution < -0.4 is 37.9 Å². The van der Waals surface area contributed by atoms with Gasteiger partial charge in [0.1, 0.15) is 23.2 Å². The minimum atomic E-state index is 0.155. The minimum absolute atomic E-state index is 0.155. The molecular weight excluding hydrogens is 981 g/mol. The normalized spacial score (nSPS) is 10.6. The summed E-state index contributed by atoms with van der Waals surface area (Å²) in [5.74, 6) is 4.11. The van der Waals surface area contributed by atoms with Crippen molar-refractivity contribution in [1.29, 1.82) is 10.5 Å². The molecule has 0 fully saturated rings. The number of nitrogen functional groups attached to an aromatic ring is 3. The van der Waals surface area contributed by atoms with Crippen LogP contribution in [0, 0.1) is 22.7 Å². The van der Waals surface area contributed by atoms with Gasteiger partial charge in [-0.2, -0.15) is 55.4 Å². The molecule has 9 aromatic rings. The Morgan fingerprint density at radius 3 is 1.23 bits per heavy atom. The van der Waals surface area contributed by atoms with E-state index in [1.54, 1.807) is 49.6 Å². The first-order valence-corrected chi connectivity index (χ1v) is 24.5. The molecule has 6 aromatic carbocycles. The molecule has 21 heteroatoms. The molecule has 0 saturated heterocycles. The average Bonchev–Trinajstić information content (AvgIpc) is 3.42. The van der Waals surface area contributed by atoms with E-state index in [4.69, 9.17) is 32.5 Å². The molecule has 0 atom stereocenters. The van der Waals surface area contributed by atoms with Gasteiger partial charge in [0.25, 0.3) is 0 Å². The van der Waals surface area contributed by atoms with Crippen molar-refractivity contribution >= 4 is 52.8 Å².